The monoisotopic (exact) mass is 599 g/mol. The van der Waals surface area contributed by atoms with Crippen LogP contribution in [0.3, 0.4) is 0 Å². The number of guanidine groups is 1. The van der Waals surface area contributed by atoms with Crippen LogP contribution in [0.1, 0.15) is 58.2 Å². The van der Waals surface area contributed by atoms with Gasteiger partial charge in [0.1, 0.15) is 22.8 Å². The van der Waals surface area contributed by atoms with E-state index in [4.69, 9.17) is 14.2 Å². The molecule has 234 valence electrons. The Hall–Kier alpha value is -4.35. The number of aliphatic imine (C=N–C) groups is 1. The molecule has 4 amide bonds. The summed E-state index contributed by atoms with van der Waals surface area (Å²) < 4.78 is 31.3. The maximum Gasteiger partial charge on any atom is 0.437 e. The fourth-order valence-corrected chi connectivity index (χ4v) is 4.31. The van der Waals surface area contributed by atoms with E-state index in [1.165, 1.54) is 20.8 Å². The summed E-state index contributed by atoms with van der Waals surface area (Å²) >= 11 is 0. The highest BCUT2D eigenvalue weighted by Crippen LogP contribution is 2.22. The van der Waals surface area contributed by atoms with Crippen LogP contribution in [0.4, 0.5) is 18.8 Å². The molecule has 1 aliphatic heterocycles. The van der Waals surface area contributed by atoms with Gasteiger partial charge in [0.05, 0.1) is 27.0 Å². The third-order valence-corrected chi connectivity index (χ3v) is 6.15. The molecule has 1 fully saturated rings. The van der Waals surface area contributed by atoms with Crippen molar-refractivity contribution in [3.8, 4) is 5.75 Å². The predicted molar refractivity (Wildman–Crippen MR) is 160 cm³/mol. The normalized spacial score (nSPS) is 14.5. The maximum atomic E-state index is 15.0. The average molecular weight is 600 g/mol. The lowest BCUT2D eigenvalue weighted by Crippen LogP contribution is -2.60. The number of hydrogen-bond acceptors (Lipinski definition) is 6. The first kappa shape index (κ1) is 33.2. The van der Waals surface area contributed by atoms with Gasteiger partial charge in [-0.15, -0.1) is 4.99 Å². The smallest absolute Gasteiger partial charge is 0.437 e. The average Bonchev–Trinajstić information content (AvgIpc) is 2.89. The Labute approximate surface area is 252 Å². The molecular formula is C31H42FN5O6. The number of benzene rings is 2. The quantitative estimate of drug-likeness (QED) is 0.322. The zero-order valence-corrected chi connectivity index (χ0v) is 26.4. The minimum absolute atomic E-state index is 0.0379. The molecule has 0 unspecified atom stereocenters. The molecule has 0 spiro atoms. The SMILES string of the molecule is COc1ccc(Cc2cc(CN(C(=O)OC(C)(C)C)/C(=N/C(=O)OC(C)(C)C)N3CN(C)C(=O)N(C)C3)ccc2F)cc1. The molecule has 11 nitrogen and oxygen atoms in total. The molecule has 1 aliphatic rings. The number of rotatable bonds is 5. The van der Waals surface area contributed by atoms with Crippen LogP contribution >= 0.6 is 0 Å². The summed E-state index contributed by atoms with van der Waals surface area (Å²) in [5.41, 5.74) is 0.140. The number of methoxy groups -OCH3 is 1. The van der Waals surface area contributed by atoms with Crippen molar-refractivity contribution in [2.24, 2.45) is 4.99 Å². The highest BCUT2D eigenvalue weighted by Gasteiger charge is 2.35. The van der Waals surface area contributed by atoms with E-state index < -0.39 is 29.2 Å². The van der Waals surface area contributed by atoms with E-state index in [1.54, 1.807) is 91.9 Å². The summed E-state index contributed by atoms with van der Waals surface area (Å²) in [4.78, 5) is 49.0. The zero-order valence-electron chi connectivity index (χ0n) is 26.4. The van der Waals surface area contributed by atoms with E-state index >= 15 is 0 Å². The van der Waals surface area contributed by atoms with Gasteiger partial charge in [0.25, 0.3) is 0 Å². The Morgan fingerprint density at radius 1 is 0.907 bits per heavy atom. The van der Waals surface area contributed by atoms with Crippen molar-refractivity contribution in [2.45, 2.75) is 65.7 Å². The number of halogens is 1. The summed E-state index contributed by atoms with van der Waals surface area (Å²) in [5, 5.41) is 0. The standard InChI is InChI=1S/C31H42FN5O6/c1-30(2,3)42-27(38)33-26(36-19-34(7)28(39)35(8)20-36)37(29(40)43-31(4,5)6)18-22-12-15-25(32)23(17-22)16-21-10-13-24(41-9)14-11-21/h10-15,17H,16,18-20H2,1-9H3/b33-26+. The van der Waals surface area contributed by atoms with Crippen LogP contribution in [0.25, 0.3) is 0 Å². The molecule has 3 rings (SSSR count). The molecule has 43 heavy (non-hydrogen) atoms. The molecule has 2 aromatic rings. The van der Waals surface area contributed by atoms with Gasteiger partial charge in [0.15, 0.2) is 0 Å². The van der Waals surface area contributed by atoms with Crippen LogP contribution < -0.4 is 4.74 Å². The van der Waals surface area contributed by atoms with Crippen molar-refractivity contribution in [2.75, 3.05) is 34.5 Å². The van der Waals surface area contributed by atoms with Crippen LogP contribution in [0.2, 0.25) is 0 Å². The Bertz CT molecular complexity index is 1340. The topological polar surface area (TPSA) is 104 Å². The zero-order chi connectivity index (χ0) is 32.1. The Morgan fingerprint density at radius 2 is 1.47 bits per heavy atom. The van der Waals surface area contributed by atoms with Crippen molar-refractivity contribution in [3.05, 3.63) is 65.0 Å². The summed E-state index contributed by atoms with van der Waals surface area (Å²) in [5.74, 6) is 0.220. The Balaban J connectivity index is 2.06. The lowest BCUT2D eigenvalue weighted by molar-refractivity contribution is 0.0300. The largest absolute Gasteiger partial charge is 0.497 e. The van der Waals surface area contributed by atoms with Gasteiger partial charge in [-0.05, 0) is 76.4 Å². The van der Waals surface area contributed by atoms with E-state index in [1.807, 2.05) is 12.1 Å². The fraction of sp³-hybridized carbons (Fsp3) is 0.484. The van der Waals surface area contributed by atoms with Gasteiger partial charge in [-0.2, -0.15) is 0 Å². The molecule has 1 heterocycles. The van der Waals surface area contributed by atoms with E-state index in [-0.39, 0.29) is 31.9 Å². The van der Waals surface area contributed by atoms with Crippen LogP contribution in [-0.4, -0.2) is 89.5 Å². The molecule has 0 saturated carbocycles. The second-order valence-corrected chi connectivity index (χ2v) is 12.4. The lowest BCUT2D eigenvalue weighted by atomic mass is 10.0. The van der Waals surface area contributed by atoms with Crippen molar-refractivity contribution >= 4 is 24.2 Å². The highest BCUT2D eigenvalue weighted by atomic mass is 19.1. The molecule has 1 saturated heterocycles. The molecule has 12 heteroatoms. The number of urea groups is 1. The summed E-state index contributed by atoms with van der Waals surface area (Å²) in [6.07, 6.45) is -1.39. The molecule has 2 aromatic carbocycles. The van der Waals surface area contributed by atoms with Crippen LogP contribution in [0, 0.1) is 5.82 Å². The minimum Gasteiger partial charge on any atom is -0.497 e. The molecule has 0 aromatic heterocycles. The van der Waals surface area contributed by atoms with Gasteiger partial charge in [-0.1, -0.05) is 24.3 Å². The fourth-order valence-electron chi connectivity index (χ4n) is 4.31. The van der Waals surface area contributed by atoms with Crippen molar-refractivity contribution < 1.29 is 33.0 Å². The molecule has 0 aliphatic carbocycles. The van der Waals surface area contributed by atoms with Crippen molar-refractivity contribution in [1.29, 1.82) is 0 Å². The Morgan fingerprint density at radius 3 is 2.00 bits per heavy atom. The second-order valence-electron chi connectivity index (χ2n) is 12.4. The summed E-state index contributed by atoms with van der Waals surface area (Å²) in [7, 11) is 4.77. The van der Waals surface area contributed by atoms with Gasteiger partial charge in [0.2, 0.25) is 5.96 Å². The second kappa shape index (κ2) is 13.3. The highest BCUT2D eigenvalue weighted by molar-refractivity contribution is 5.99. The van der Waals surface area contributed by atoms with E-state index in [2.05, 4.69) is 4.99 Å². The van der Waals surface area contributed by atoms with Crippen molar-refractivity contribution in [3.63, 3.8) is 0 Å². The first-order valence-corrected chi connectivity index (χ1v) is 13.9. The van der Waals surface area contributed by atoms with Gasteiger partial charge >= 0.3 is 18.2 Å². The van der Waals surface area contributed by atoms with Crippen LogP contribution in [0.5, 0.6) is 5.75 Å². The third-order valence-electron chi connectivity index (χ3n) is 6.15. The minimum atomic E-state index is -0.919. The number of ether oxygens (including phenoxy) is 3. The van der Waals surface area contributed by atoms with E-state index in [0.717, 1.165) is 5.56 Å². The van der Waals surface area contributed by atoms with Gasteiger partial charge in [-0.25, -0.2) is 23.7 Å². The van der Waals surface area contributed by atoms with Gasteiger partial charge < -0.3 is 28.9 Å². The molecule has 0 bridgehead atoms. The number of hydrogen-bond donors (Lipinski definition) is 0. The molecule has 0 radical (unpaired) electrons. The van der Waals surface area contributed by atoms with E-state index in [0.29, 0.717) is 23.3 Å². The predicted octanol–water partition coefficient (Wildman–Crippen LogP) is 5.67. The lowest BCUT2D eigenvalue weighted by Gasteiger charge is -2.42. The van der Waals surface area contributed by atoms with Gasteiger partial charge in [-0.3, -0.25) is 0 Å². The first-order chi connectivity index (χ1) is 20.0. The third kappa shape index (κ3) is 9.59. The molecule has 0 atom stereocenters. The molecular weight excluding hydrogens is 557 g/mol. The first-order valence-electron chi connectivity index (χ1n) is 13.9. The number of carbonyl (C=O) groups excluding carboxylic acids is 3. The van der Waals surface area contributed by atoms with Gasteiger partial charge in [0, 0.05) is 20.5 Å². The van der Waals surface area contributed by atoms with Crippen molar-refractivity contribution in [1.82, 2.24) is 19.6 Å². The Kier molecular flexibility index (Phi) is 10.3. The number of carbonyl (C=O) groups is 3. The molecule has 0 N–H and O–H groups in total. The van der Waals surface area contributed by atoms with E-state index in [9.17, 15) is 18.8 Å². The summed E-state index contributed by atoms with van der Waals surface area (Å²) in [6.45, 7) is 10.2. The number of nitrogens with zero attached hydrogens (tertiary/aromatic N) is 5. The summed E-state index contributed by atoms with van der Waals surface area (Å²) in [6, 6.07) is 11.7. The number of amides is 4. The maximum absolute atomic E-state index is 15.0. The van der Waals surface area contributed by atoms with Crippen LogP contribution in [-0.2, 0) is 22.4 Å². The van der Waals surface area contributed by atoms with Crippen LogP contribution in [0.15, 0.2) is 47.5 Å².